The molecule has 336 valence electrons. The third kappa shape index (κ3) is 10.7. The highest BCUT2D eigenvalue weighted by molar-refractivity contribution is 7.99. The van der Waals surface area contributed by atoms with Crippen LogP contribution in [0.5, 0.6) is 11.5 Å². The molecule has 4 heterocycles. The standard InChI is InChI=1S/C54H51N9O2S2/c1-34(2)45-24-22-43-51(59-45)55-32-57-53(43)61-47-28-36(12-26-49(47)66-41-18-14-39(64-5)15-19-41)30-63(38-10-8-7-9-11-38)31-37-13-27-50(67-42-20-16-40(65-6)17-21-42)48(29-37)62-54-44-23-25-46(35(3)4)60-52(44)56-33-58-54/h7-29,32-35H,30-31H2,1-6H3,(H,55,57,59,61)(H,56,58,60,62). The maximum Gasteiger partial charge on any atom is 0.164 e. The summed E-state index contributed by atoms with van der Waals surface area (Å²) in [5, 5.41) is 9.12. The summed E-state index contributed by atoms with van der Waals surface area (Å²) in [7, 11) is 3.37. The van der Waals surface area contributed by atoms with Crippen molar-refractivity contribution in [3.05, 3.63) is 175 Å². The molecule has 0 aliphatic heterocycles. The molecule has 4 aromatic heterocycles. The van der Waals surface area contributed by atoms with E-state index in [1.807, 2.05) is 24.3 Å². The number of methoxy groups -OCH3 is 2. The van der Waals surface area contributed by atoms with Gasteiger partial charge in [-0.2, -0.15) is 0 Å². The number of hydrogen-bond acceptors (Lipinski definition) is 13. The molecule has 2 N–H and O–H groups in total. The fourth-order valence-electron chi connectivity index (χ4n) is 7.60. The number of aromatic nitrogens is 6. The molecule has 0 amide bonds. The van der Waals surface area contributed by atoms with Gasteiger partial charge in [0.05, 0.1) is 36.4 Å². The molecule has 11 nitrogen and oxygen atoms in total. The highest BCUT2D eigenvalue weighted by Gasteiger charge is 2.17. The largest absolute Gasteiger partial charge is 0.497 e. The topological polar surface area (TPSA) is 123 Å². The average Bonchev–Trinajstić information content (AvgIpc) is 3.35. The van der Waals surface area contributed by atoms with E-state index in [0.717, 1.165) is 81.4 Å². The van der Waals surface area contributed by atoms with Crippen LogP contribution in [0.4, 0.5) is 28.7 Å². The number of benzene rings is 5. The number of fused-ring (bicyclic) bond motifs is 2. The molecular formula is C54H51N9O2S2. The van der Waals surface area contributed by atoms with E-state index in [-0.39, 0.29) is 11.8 Å². The fourth-order valence-corrected chi connectivity index (χ4v) is 9.36. The van der Waals surface area contributed by atoms with Gasteiger partial charge in [-0.05, 0) is 132 Å². The Hall–Kier alpha value is -7.22. The maximum atomic E-state index is 5.45. The number of anilines is 5. The van der Waals surface area contributed by atoms with Crippen LogP contribution in [0.15, 0.2) is 172 Å². The molecule has 0 fully saturated rings. The lowest BCUT2D eigenvalue weighted by Gasteiger charge is -2.26. The van der Waals surface area contributed by atoms with Crippen molar-refractivity contribution >= 4 is 74.3 Å². The zero-order chi connectivity index (χ0) is 46.3. The van der Waals surface area contributed by atoms with E-state index in [1.165, 1.54) is 0 Å². The molecule has 0 bridgehead atoms. The Morgan fingerprint density at radius 3 is 1.37 bits per heavy atom. The molecule has 9 aromatic rings. The smallest absolute Gasteiger partial charge is 0.164 e. The third-order valence-electron chi connectivity index (χ3n) is 11.3. The van der Waals surface area contributed by atoms with E-state index in [1.54, 1.807) is 50.4 Å². The van der Waals surface area contributed by atoms with Crippen LogP contribution in [0, 0.1) is 0 Å². The van der Waals surface area contributed by atoms with Crippen molar-refractivity contribution in [2.75, 3.05) is 29.8 Å². The number of pyridine rings is 2. The molecular weight excluding hydrogens is 871 g/mol. The fraction of sp³-hybridized carbons (Fsp3) is 0.185. The van der Waals surface area contributed by atoms with Crippen molar-refractivity contribution < 1.29 is 9.47 Å². The zero-order valence-corrected chi connectivity index (χ0v) is 39.9. The van der Waals surface area contributed by atoms with Crippen molar-refractivity contribution in [3.8, 4) is 11.5 Å². The normalized spacial score (nSPS) is 11.3. The minimum absolute atomic E-state index is 0.279. The Kier molecular flexibility index (Phi) is 13.8. The molecule has 0 aliphatic carbocycles. The molecule has 0 radical (unpaired) electrons. The summed E-state index contributed by atoms with van der Waals surface area (Å²) in [6.07, 6.45) is 3.16. The minimum Gasteiger partial charge on any atom is -0.497 e. The molecule has 13 heteroatoms. The van der Waals surface area contributed by atoms with Crippen LogP contribution in [0.3, 0.4) is 0 Å². The first kappa shape index (κ1) is 45.0. The van der Waals surface area contributed by atoms with E-state index < -0.39 is 0 Å². The number of para-hydroxylation sites is 1. The SMILES string of the molecule is COc1ccc(Sc2ccc(CN(Cc3ccc(Sc4ccc(OC)cc4)c(Nc4ncnc5nc(C(C)C)ccc45)c3)c3ccccc3)cc2Nc2ncnc3nc(C(C)C)ccc23)cc1. The van der Waals surface area contributed by atoms with E-state index in [4.69, 9.17) is 29.4 Å². The molecule has 5 aromatic carbocycles. The number of nitrogens with one attached hydrogen (secondary N) is 2. The molecule has 67 heavy (non-hydrogen) atoms. The quantitative estimate of drug-likeness (QED) is 0.0901. The van der Waals surface area contributed by atoms with Crippen molar-refractivity contribution in [1.29, 1.82) is 0 Å². The molecule has 0 saturated carbocycles. The van der Waals surface area contributed by atoms with Crippen LogP contribution in [0.1, 0.15) is 62.0 Å². The molecule has 9 rings (SSSR count). The molecule has 0 saturated heterocycles. The lowest BCUT2D eigenvalue weighted by molar-refractivity contribution is 0.414. The Morgan fingerprint density at radius 2 is 0.955 bits per heavy atom. The Balaban J connectivity index is 1.07. The summed E-state index contributed by atoms with van der Waals surface area (Å²) in [5.41, 5.74) is 8.50. The molecule has 0 aliphatic rings. The lowest BCUT2D eigenvalue weighted by atomic mass is 10.1. The summed E-state index contributed by atoms with van der Waals surface area (Å²) in [6, 6.07) is 48.3. The predicted molar refractivity (Wildman–Crippen MR) is 273 cm³/mol. The van der Waals surface area contributed by atoms with Gasteiger partial charge in [0.1, 0.15) is 35.8 Å². The van der Waals surface area contributed by atoms with Gasteiger partial charge in [0.2, 0.25) is 0 Å². The third-order valence-corrected chi connectivity index (χ3v) is 13.4. The van der Waals surface area contributed by atoms with E-state index in [9.17, 15) is 0 Å². The summed E-state index contributed by atoms with van der Waals surface area (Å²) < 4.78 is 10.9. The molecule has 0 unspecified atom stereocenters. The van der Waals surface area contributed by atoms with Gasteiger partial charge in [-0.25, -0.2) is 29.9 Å². The highest BCUT2D eigenvalue weighted by atomic mass is 32.2. The second-order valence-corrected chi connectivity index (χ2v) is 18.9. The number of hydrogen-bond donors (Lipinski definition) is 2. The van der Waals surface area contributed by atoms with Gasteiger partial charge in [-0.15, -0.1) is 0 Å². The van der Waals surface area contributed by atoms with Gasteiger partial charge >= 0.3 is 0 Å². The van der Waals surface area contributed by atoms with Crippen LogP contribution in [0.25, 0.3) is 22.1 Å². The Bertz CT molecular complexity index is 2940. The highest BCUT2D eigenvalue weighted by Crippen LogP contribution is 2.40. The van der Waals surface area contributed by atoms with Gasteiger partial charge < -0.3 is 25.0 Å². The number of ether oxygens (including phenoxy) is 2. The summed E-state index contributed by atoms with van der Waals surface area (Å²) in [6.45, 7) is 9.80. The van der Waals surface area contributed by atoms with Crippen LogP contribution < -0.4 is 25.0 Å². The second kappa shape index (κ2) is 20.5. The lowest BCUT2D eigenvalue weighted by Crippen LogP contribution is -2.22. The van der Waals surface area contributed by atoms with Crippen molar-refractivity contribution in [1.82, 2.24) is 29.9 Å². The molecule has 0 spiro atoms. The van der Waals surface area contributed by atoms with Gasteiger partial charge in [0.25, 0.3) is 0 Å². The average molecular weight is 922 g/mol. The summed E-state index contributed by atoms with van der Waals surface area (Å²) >= 11 is 3.36. The summed E-state index contributed by atoms with van der Waals surface area (Å²) in [4.78, 5) is 34.9. The van der Waals surface area contributed by atoms with Crippen molar-refractivity contribution in [2.45, 2.75) is 72.2 Å². The van der Waals surface area contributed by atoms with Crippen LogP contribution in [-0.2, 0) is 13.1 Å². The minimum atomic E-state index is 0.279. The Morgan fingerprint density at radius 1 is 0.507 bits per heavy atom. The summed E-state index contributed by atoms with van der Waals surface area (Å²) in [5.74, 6) is 3.58. The zero-order valence-electron chi connectivity index (χ0n) is 38.3. The van der Waals surface area contributed by atoms with Gasteiger partial charge in [0.15, 0.2) is 11.3 Å². The van der Waals surface area contributed by atoms with E-state index in [0.29, 0.717) is 36.0 Å². The Labute approximate surface area is 399 Å². The first-order valence-electron chi connectivity index (χ1n) is 22.2. The monoisotopic (exact) mass is 921 g/mol. The van der Waals surface area contributed by atoms with Crippen molar-refractivity contribution in [2.24, 2.45) is 0 Å². The number of rotatable bonds is 17. The van der Waals surface area contributed by atoms with E-state index in [2.05, 4.69) is 168 Å². The second-order valence-electron chi connectivity index (χ2n) is 16.6. The number of nitrogens with zero attached hydrogens (tertiary/aromatic N) is 7. The van der Waals surface area contributed by atoms with Gasteiger partial charge in [-0.3, -0.25) is 0 Å². The van der Waals surface area contributed by atoms with Crippen LogP contribution in [0.2, 0.25) is 0 Å². The first-order chi connectivity index (χ1) is 32.7. The van der Waals surface area contributed by atoms with Crippen LogP contribution in [-0.4, -0.2) is 44.1 Å². The molecule has 0 atom stereocenters. The van der Waals surface area contributed by atoms with Gasteiger partial charge in [-0.1, -0.05) is 81.6 Å². The maximum absolute atomic E-state index is 5.45. The predicted octanol–water partition coefficient (Wildman–Crippen LogP) is 13.6. The van der Waals surface area contributed by atoms with Crippen molar-refractivity contribution in [3.63, 3.8) is 0 Å². The van der Waals surface area contributed by atoms with E-state index >= 15 is 0 Å². The first-order valence-corrected chi connectivity index (χ1v) is 23.8. The van der Waals surface area contributed by atoms with Crippen LogP contribution >= 0.6 is 23.5 Å². The van der Waals surface area contributed by atoms with Gasteiger partial charge in [0, 0.05) is 49.7 Å².